The first kappa shape index (κ1) is 20.6. The van der Waals surface area contributed by atoms with Gasteiger partial charge in [0.1, 0.15) is 10.7 Å². The second-order valence-corrected chi connectivity index (χ2v) is 8.54. The summed E-state index contributed by atoms with van der Waals surface area (Å²) in [6.45, 7) is 0. The summed E-state index contributed by atoms with van der Waals surface area (Å²) in [4.78, 5) is 8.25. The summed E-state index contributed by atoms with van der Waals surface area (Å²) in [6, 6.07) is 20.8. The Hall–Kier alpha value is -3.69. The van der Waals surface area contributed by atoms with Crippen LogP contribution in [0, 0.1) is 0 Å². The number of nitrogens with two attached hydrogens (primary N) is 1. The van der Waals surface area contributed by atoms with E-state index in [9.17, 15) is 8.42 Å². The Morgan fingerprint density at radius 2 is 1.74 bits per heavy atom. The van der Waals surface area contributed by atoms with Gasteiger partial charge in [0, 0.05) is 24.4 Å². The third-order valence-corrected chi connectivity index (χ3v) is 6.05. The molecule has 156 valence electrons. The monoisotopic (exact) mass is 432 g/mol. The molecule has 0 fully saturated rings. The Morgan fingerprint density at radius 1 is 0.903 bits per heavy atom. The zero-order chi connectivity index (χ0) is 21.7. The summed E-state index contributed by atoms with van der Waals surface area (Å²) >= 11 is 0. The third kappa shape index (κ3) is 5.08. The van der Waals surface area contributed by atoms with E-state index in [2.05, 4.69) is 24.9 Å². The van der Waals surface area contributed by atoms with Crippen LogP contribution in [0.3, 0.4) is 0 Å². The third-order valence-electron chi connectivity index (χ3n) is 4.59. The van der Waals surface area contributed by atoms with Crippen LogP contribution in [0.25, 0.3) is 11.3 Å². The molecule has 0 aliphatic carbocycles. The van der Waals surface area contributed by atoms with Gasteiger partial charge in [-0.3, -0.25) is 4.98 Å². The van der Waals surface area contributed by atoms with E-state index in [0.29, 0.717) is 17.2 Å². The number of aromatic nitrogens is 4. The van der Waals surface area contributed by atoms with Crippen molar-refractivity contribution in [3.8, 4) is 11.3 Å². The maximum atomic E-state index is 12.9. The van der Waals surface area contributed by atoms with Crippen molar-refractivity contribution in [3.05, 3.63) is 96.6 Å². The Kier molecular flexibility index (Phi) is 5.96. The van der Waals surface area contributed by atoms with Gasteiger partial charge in [-0.15, -0.1) is 0 Å². The van der Waals surface area contributed by atoms with E-state index in [-0.39, 0.29) is 11.3 Å². The Balaban J connectivity index is 1.62. The molecule has 31 heavy (non-hydrogen) atoms. The van der Waals surface area contributed by atoms with Gasteiger partial charge in [-0.2, -0.15) is 10.2 Å². The highest BCUT2D eigenvalue weighted by Gasteiger charge is 2.24. The molecule has 4 aromatic rings. The lowest BCUT2D eigenvalue weighted by Crippen LogP contribution is -2.31. The van der Waals surface area contributed by atoms with Crippen LogP contribution in [-0.2, 0) is 16.4 Å². The highest BCUT2D eigenvalue weighted by molar-refractivity contribution is 7.89. The fraction of sp³-hybridized carbons (Fsp3) is 0.0909. The van der Waals surface area contributed by atoms with Gasteiger partial charge in [0.2, 0.25) is 10.0 Å². The smallest absolute Gasteiger partial charge is 0.242 e. The van der Waals surface area contributed by atoms with Crippen molar-refractivity contribution in [2.24, 2.45) is 0 Å². The van der Waals surface area contributed by atoms with Gasteiger partial charge in [0.15, 0.2) is 0 Å². The molecule has 0 spiro atoms. The first-order valence-electron chi connectivity index (χ1n) is 9.54. The normalized spacial score (nSPS) is 12.4. The van der Waals surface area contributed by atoms with E-state index in [1.165, 1.54) is 18.5 Å². The van der Waals surface area contributed by atoms with Crippen molar-refractivity contribution in [2.45, 2.75) is 17.4 Å². The summed E-state index contributed by atoms with van der Waals surface area (Å²) in [5, 5.41) is 8.57. The molecule has 0 amide bonds. The van der Waals surface area contributed by atoms with Crippen molar-refractivity contribution in [1.82, 2.24) is 24.9 Å². The fourth-order valence-corrected chi connectivity index (χ4v) is 4.24. The lowest BCUT2D eigenvalue weighted by atomic mass is 10.1. The minimum Gasteiger partial charge on any atom is -0.384 e. The molecule has 0 aliphatic heterocycles. The maximum Gasteiger partial charge on any atom is 0.242 e. The van der Waals surface area contributed by atoms with E-state index >= 15 is 0 Å². The molecule has 9 heteroatoms. The summed E-state index contributed by atoms with van der Waals surface area (Å²) < 4.78 is 28.5. The minimum atomic E-state index is -3.83. The molecule has 0 saturated heterocycles. The van der Waals surface area contributed by atoms with Gasteiger partial charge in [-0.25, -0.2) is 18.1 Å². The van der Waals surface area contributed by atoms with E-state index in [4.69, 9.17) is 5.73 Å². The first-order valence-corrected chi connectivity index (χ1v) is 11.0. The summed E-state index contributed by atoms with van der Waals surface area (Å²) in [7, 11) is -3.83. The van der Waals surface area contributed by atoms with Crippen molar-refractivity contribution < 1.29 is 8.42 Å². The number of nitrogens with zero attached hydrogens (tertiary/aromatic N) is 4. The number of nitrogens with one attached hydrogen (secondary N) is 1. The quantitative estimate of drug-likeness (QED) is 0.460. The molecule has 0 saturated carbocycles. The van der Waals surface area contributed by atoms with Crippen LogP contribution in [0.1, 0.15) is 17.4 Å². The fourth-order valence-electron chi connectivity index (χ4n) is 3.07. The Labute approximate surface area is 180 Å². The Morgan fingerprint density at radius 3 is 2.42 bits per heavy atom. The van der Waals surface area contributed by atoms with Crippen LogP contribution in [0.2, 0.25) is 0 Å². The van der Waals surface area contributed by atoms with Gasteiger partial charge >= 0.3 is 0 Å². The van der Waals surface area contributed by atoms with E-state index < -0.39 is 16.1 Å². The maximum absolute atomic E-state index is 12.9. The average molecular weight is 433 g/mol. The molecule has 0 bridgehead atoms. The molecule has 1 unspecified atom stereocenters. The van der Waals surface area contributed by atoms with Gasteiger partial charge in [-0.05, 0) is 36.4 Å². The standard InChI is InChI=1S/C22H20N6O2S/c23-22-10-4-9-20(25-22)21(28-31(29,30)18-8-5-13-24-15-18)14-17-11-12-19(27-26-17)16-6-2-1-3-7-16/h1-13,15,21,28H,14H2,(H2,23,25). The largest absolute Gasteiger partial charge is 0.384 e. The molecule has 1 atom stereocenters. The molecule has 3 N–H and O–H groups in total. The second kappa shape index (κ2) is 8.99. The van der Waals surface area contributed by atoms with Gasteiger partial charge < -0.3 is 5.73 Å². The molecule has 0 radical (unpaired) electrons. The van der Waals surface area contributed by atoms with Crippen LogP contribution in [0.15, 0.2) is 90.1 Å². The number of sulfonamides is 1. The summed E-state index contributed by atoms with van der Waals surface area (Å²) in [5.74, 6) is 0.300. The predicted molar refractivity (Wildman–Crippen MR) is 117 cm³/mol. The molecule has 4 rings (SSSR count). The van der Waals surface area contributed by atoms with Gasteiger partial charge in [-0.1, -0.05) is 36.4 Å². The predicted octanol–water partition coefficient (Wildman–Crippen LogP) is 2.78. The number of pyridine rings is 2. The van der Waals surface area contributed by atoms with Crippen molar-refractivity contribution >= 4 is 15.8 Å². The average Bonchev–Trinajstić information content (AvgIpc) is 2.80. The van der Waals surface area contributed by atoms with Crippen LogP contribution in [0.5, 0.6) is 0 Å². The van der Waals surface area contributed by atoms with Crippen molar-refractivity contribution in [3.63, 3.8) is 0 Å². The van der Waals surface area contributed by atoms with E-state index in [1.54, 1.807) is 24.3 Å². The second-order valence-electron chi connectivity index (χ2n) is 6.83. The number of hydrogen-bond acceptors (Lipinski definition) is 7. The minimum absolute atomic E-state index is 0.0643. The molecular weight excluding hydrogens is 412 g/mol. The highest BCUT2D eigenvalue weighted by Crippen LogP contribution is 2.21. The lowest BCUT2D eigenvalue weighted by molar-refractivity contribution is 0.546. The molecule has 8 nitrogen and oxygen atoms in total. The first-order chi connectivity index (χ1) is 15.0. The van der Waals surface area contributed by atoms with Crippen molar-refractivity contribution in [1.29, 1.82) is 0 Å². The van der Waals surface area contributed by atoms with E-state index in [0.717, 1.165) is 11.3 Å². The van der Waals surface area contributed by atoms with Crippen LogP contribution < -0.4 is 10.5 Å². The molecule has 1 aromatic carbocycles. The van der Waals surface area contributed by atoms with Crippen LogP contribution >= 0.6 is 0 Å². The molecule has 3 aromatic heterocycles. The molecular formula is C22H20N6O2S. The summed E-state index contributed by atoms with van der Waals surface area (Å²) in [6.07, 6.45) is 3.05. The number of rotatable bonds is 7. The van der Waals surface area contributed by atoms with E-state index in [1.807, 2.05) is 42.5 Å². The number of anilines is 1. The topological polar surface area (TPSA) is 124 Å². The number of nitrogen functional groups attached to an aromatic ring is 1. The summed E-state index contributed by atoms with van der Waals surface area (Å²) in [5.41, 5.74) is 8.61. The lowest BCUT2D eigenvalue weighted by Gasteiger charge is -2.18. The Bertz CT molecular complexity index is 1250. The van der Waals surface area contributed by atoms with Gasteiger partial charge in [0.05, 0.1) is 23.1 Å². The van der Waals surface area contributed by atoms with Crippen LogP contribution in [-0.4, -0.2) is 28.6 Å². The van der Waals surface area contributed by atoms with Gasteiger partial charge in [0.25, 0.3) is 0 Å². The van der Waals surface area contributed by atoms with Crippen LogP contribution in [0.4, 0.5) is 5.82 Å². The van der Waals surface area contributed by atoms with Crippen molar-refractivity contribution in [2.75, 3.05) is 5.73 Å². The number of hydrogen-bond donors (Lipinski definition) is 2. The molecule has 3 heterocycles. The number of benzene rings is 1. The molecule has 0 aliphatic rings. The zero-order valence-corrected chi connectivity index (χ0v) is 17.3. The highest BCUT2D eigenvalue weighted by atomic mass is 32.2. The zero-order valence-electron chi connectivity index (χ0n) is 16.5. The SMILES string of the molecule is Nc1cccc(C(Cc2ccc(-c3ccccc3)nn2)NS(=O)(=O)c2cccnc2)n1.